The van der Waals surface area contributed by atoms with E-state index in [2.05, 4.69) is 15.2 Å². The molecule has 1 aromatic heterocycles. The van der Waals surface area contributed by atoms with Gasteiger partial charge in [-0.15, -0.1) is 0 Å². The monoisotopic (exact) mass is 351 g/mol. The molecule has 114 valence electrons. The van der Waals surface area contributed by atoms with Crippen molar-refractivity contribution in [1.82, 2.24) is 9.88 Å². The van der Waals surface area contributed by atoms with Gasteiger partial charge in [0.2, 0.25) is 0 Å². The van der Waals surface area contributed by atoms with Gasteiger partial charge < -0.3 is 10.2 Å². The fourth-order valence-electron chi connectivity index (χ4n) is 2.22. The van der Waals surface area contributed by atoms with E-state index < -0.39 is 0 Å². The Hall–Kier alpha value is -1.36. The van der Waals surface area contributed by atoms with Gasteiger partial charge in [-0.25, -0.2) is 0 Å². The van der Waals surface area contributed by atoms with Crippen LogP contribution in [0.3, 0.4) is 0 Å². The predicted octanol–water partition coefficient (Wildman–Crippen LogP) is 4.75. The van der Waals surface area contributed by atoms with E-state index in [1.165, 1.54) is 5.56 Å². The van der Waals surface area contributed by atoms with Gasteiger partial charge in [-0.1, -0.05) is 23.2 Å². The molecule has 0 aliphatic heterocycles. The minimum atomic E-state index is 0.492. The molecule has 0 atom stereocenters. The highest BCUT2D eigenvalue weighted by Gasteiger charge is 2.31. The second-order valence-electron chi connectivity index (χ2n) is 5.27. The number of anilines is 1. The standard InChI is InChI=1S/C16H15Cl2N3S/c17-12-1-4-14(18)15(9-12)20-16(22)21(13-2-3-13)10-11-5-7-19-8-6-11/h1,4-9,13H,2-3,10H2,(H,20,22). The van der Waals surface area contributed by atoms with E-state index in [0.29, 0.717) is 21.2 Å². The van der Waals surface area contributed by atoms with E-state index in [1.807, 2.05) is 12.1 Å². The number of halogens is 2. The number of pyridine rings is 1. The third-order valence-electron chi connectivity index (χ3n) is 3.52. The molecule has 1 N–H and O–H groups in total. The SMILES string of the molecule is S=C(Nc1cc(Cl)ccc1Cl)N(Cc1ccncc1)C1CC1. The summed E-state index contributed by atoms with van der Waals surface area (Å²) in [5.74, 6) is 0. The number of rotatable bonds is 4. The average Bonchev–Trinajstić information content (AvgIpc) is 3.34. The topological polar surface area (TPSA) is 28.2 Å². The second kappa shape index (κ2) is 6.82. The number of nitrogens with one attached hydrogen (secondary N) is 1. The van der Waals surface area contributed by atoms with Crippen LogP contribution >= 0.6 is 35.4 Å². The zero-order valence-electron chi connectivity index (χ0n) is 11.8. The van der Waals surface area contributed by atoms with Gasteiger partial charge >= 0.3 is 0 Å². The Kier molecular flexibility index (Phi) is 4.81. The van der Waals surface area contributed by atoms with Crippen LogP contribution in [0.5, 0.6) is 0 Å². The summed E-state index contributed by atoms with van der Waals surface area (Å²) in [6.45, 7) is 0.761. The Morgan fingerprint density at radius 3 is 2.64 bits per heavy atom. The van der Waals surface area contributed by atoms with E-state index in [4.69, 9.17) is 35.4 Å². The number of aromatic nitrogens is 1. The maximum absolute atomic E-state index is 6.19. The van der Waals surface area contributed by atoms with Crippen LogP contribution in [0.1, 0.15) is 18.4 Å². The molecule has 0 unspecified atom stereocenters. The molecule has 1 aromatic carbocycles. The van der Waals surface area contributed by atoms with Crippen molar-refractivity contribution in [3.8, 4) is 0 Å². The zero-order chi connectivity index (χ0) is 15.5. The lowest BCUT2D eigenvalue weighted by atomic mass is 10.2. The Morgan fingerprint density at radius 1 is 1.23 bits per heavy atom. The lowest BCUT2D eigenvalue weighted by molar-refractivity contribution is 0.409. The molecule has 6 heteroatoms. The molecule has 1 aliphatic rings. The number of benzene rings is 1. The first kappa shape index (κ1) is 15.5. The van der Waals surface area contributed by atoms with Crippen molar-refractivity contribution >= 4 is 46.2 Å². The number of thiocarbonyl (C=S) groups is 1. The maximum Gasteiger partial charge on any atom is 0.174 e. The summed E-state index contributed by atoms with van der Waals surface area (Å²) < 4.78 is 0. The van der Waals surface area contributed by atoms with Crippen LogP contribution in [0.2, 0.25) is 10.0 Å². The predicted molar refractivity (Wildman–Crippen MR) is 95.5 cm³/mol. The molecular weight excluding hydrogens is 337 g/mol. The highest BCUT2D eigenvalue weighted by atomic mass is 35.5. The molecule has 3 nitrogen and oxygen atoms in total. The smallest absolute Gasteiger partial charge is 0.174 e. The highest BCUT2D eigenvalue weighted by Crippen LogP contribution is 2.31. The van der Waals surface area contributed by atoms with Crippen molar-refractivity contribution < 1.29 is 0 Å². The van der Waals surface area contributed by atoms with E-state index in [9.17, 15) is 0 Å². The molecule has 1 heterocycles. The van der Waals surface area contributed by atoms with Crippen LogP contribution in [0.15, 0.2) is 42.7 Å². The van der Waals surface area contributed by atoms with E-state index in [1.54, 1.807) is 30.6 Å². The summed E-state index contributed by atoms with van der Waals surface area (Å²) in [6.07, 6.45) is 5.92. The largest absolute Gasteiger partial charge is 0.342 e. The second-order valence-corrected chi connectivity index (χ2v) is 6.50. The summed E-state index contributed by atoms with van der Waals surface area (Å²) >= 11 is 17.8. The Bertz CT molecular complexity index is 674. The van der Waals surface area contributed by atoms with Gasteiger partial charge in [0.25, 0.3) is 0 Å². The van der Waals surface area contributed by atoms with Crippen LogP contribution in [0, 0.1) is 0 Å². The third-order valence-corrected chi connectivity index (χ3v) is 4.42. The molecule has 0 bridgehead atoms. The van der Waals surface area contributed by atoms with Gasteiger partial charge in [-0.05, 0) is 61.0 Å². The molecule has 3 rings (SSSR count). The molecule has 1 saturated carbocycles. The minimum absolute atomic E-state index is 0.492. The van der Waals surface area contributed by atoms with E-state index >= 15 is 0 Å². The molecule has 0 spiro atoms. The molecule has 2 aromatic rings. The van der Waals surface area contributed by atoms with Gasteiger partial charge in [0.1, 0.15) is 0 Å². The summed E-state index contributed by atoms with van der Waals surface area (Å²) in [7, 11) is 0. The molecule has 22 heavy (non-hydrogen) atoms. The number of hydrogen-bond donors (Lipinski definition) is 1. The van der Waals surface area contributed by atoms with Gasteiger partial charge in [-0.2, -0.15) is 0 Å². The third kappa shape index (κ3) is 3.88. The molecule has 0 amide bonds. The first-order valence-corrected chi connectivity index (χ1v) is 8.21. The molecule has 0 radical (unpaired) electrons. The van der Waals surface area contributed by atoms with Crippen LogP contribution in [0.4, 0.5) is 5.69 Å². The molecule has 0 saturated heterocycles. The fourth-order valence-corrected chi connectivity index (χ4v) is 2.88. The van der Waals surface area contributed by atoms with Gasteiger partial charge in [-0.3, -0.25) is 4.98 Å². The van der Waals surface area contributed by atoms with E-state index in [-0.39, 0.29) is 0 Å². The summed E-state index contributed by atoms with van der Waals surface area (Å²) in [4.78, 5) is 6.24. The zero-order valence-corrected chi connectivity index (χ0v) is 14.1. The van der Waals surface area contributed by atoms with Crippen molar-refractivity contribution in [2.45, 2.75) is 25.4 Å². The first-order chi connectivity index (χ1) is 10.6. The maximum atomic E-state index is 6.19. The first-order valence-electron chi connectivity index (χ1n) is 7.05. The normalized spacial score (nSPS) is 13.7. The summed E-state index contributed by atoms with van der Waals surface area (Å²) in [6, 6.07) is 9.81. The van der Waals surface area contributed by atoms with Gasteiger partial charge in [0.05, 0.1) is 10.7 Å². The molecular formula is C16H15Cl2N3S. The molecule has 1 fully saturated rings. The fraction of sp³-hybridized carbons (Fsp3) is 0.250. The Labute approximate surface area is 145 Å². The van der Waals surface area contributed by atoms with Crippen LogP contribution in [-0.2, 0) is 6.54 Å². The lowest BCUT2D eigenvalue weighted by Gasteiger charge is -2.26. The summed E-state index contributed by atoms with van der Waals surface area (Å²) in [5.41, 5.74) is 1.92. The minimum Gasteiger partial charge on any atom is -0.342 e. The van der Waals surface area contributed by atoms with Crippen molar-refractivity contribution in [2.24, 2.45) is 0 Å². The van der Waals surface area contributed by atoms with Crippen LogP contribution < -0.4 is 5.32 Å². The van der Waals surface area contributed by atoms with Gasteiger partial charge in [0.15, 0.2) is 5.11 Å². The number of nitrogens with zero attached hydrogens (tertiary/aromatic N) is 2. The van der Waals surface area contributed by atoms with Crippen LogP contribution in [0.25, 0.3) is 0 Å². The average molecular weight is 352 g/mol. The van der Waals surface area contributed by atoms with Crippen LogP contribution in [-0.4, -0.2) is 21.0 Å². The van der Waals surface area contributed by atoms with Crippen molar-refractivity contribution in [2.75, 3.05) is 5.32 Å². The van der Waals surface area contributed by atoms with Crippen molar-refractivity contribution in [3.63, 3.8) is 0 Å². The highest BCUT2D eigenvalue weighted by molar-refractivity contribution is 7.80. The van der Waals surface area contributed by atoms with E-state index in [0.717, 1.165) is 25.1 Å². The number of hydrogen-bond acceptors (Lipinski definition) is 2. The Morgan fingerprint density at radius 2 is 1.95 bits per heavy atom. The summed E-state index contributed by atoms with van der Waals surface area (Å²) in [5, 5.41) is 5.12. The van der Waals surface area contributed by atoms with Crippen molar-refractivity contribution in [1.29, 1.82) is 0 Å². The van der Waals surface area contributed by atoms with Gasteiger partial charge in [0, 0.05) is 30.0 Å². The van der Waals surface area contributed by atoms with Crippen molar-refractivity contribution in [3.05, 3.63) is 58.3 Å². The quantitative estimate of drug-likeness (QED) is 0.804. The Balaban J connectivity index is 1.74. The molecule has 1 aliphatic carbocycles. The lowest BCUT2D eigenvalue weighted by Crippen LogP contribution is -2.36.